The first-order chi connectivity index (χ1) is 7.68. The zero-order chi connectivity index (χ0) is 12.0. The highest BCUT2D eigenvalue weighted by molar-refractivity contribution is 5.84. The molecule has 0 heterocycles. The van der Waals surface area contributed by atoms with Crippen LogP contribution < -0.4 is 5.48 Å². The summed E-state index contributed by atoms with van der Waals surface area (Å²) < 4.78 is 0. The first kappa shape index (κ1) is 13.0. The molecular formula is C12H20N2O2. The Balaban J connectivity index is 2.46. The van der Waals surface area contributed by atoms with Crippen LogP contribution in [0, 0.1) is 16.7 Å². The van der Waals surface area contributed by atoms with Gasteiger partial charge in [-0.15, -0.1) is 0 Å². The molecule has 0 radical (unpaired) electrons. The number of carbonyl (C=O) groups excluding carboxylic acids is 1. The van der Waals surface area contributed by atoms with Crippen molar-refractivity contribution in [2.24, 2.45) is 5.41 Å². The standard InChI is InChI=1S/C12H20N2O2/c1-3-12(4-2,9-13)11(15)14-16-10-7-5-6-8-10/h10H,3-8H2,1-2H3,(H,14,15). The van der Waals surface area contributed by atoms with Gasteiger partial charge in [0.2, 0.25) is 0 Å². The van der Waals surface area contributed by atoms with Crippen molar-refractivity contribution in [1.29, 1.82) is 5.26 Å². The Hall–Kier alpha value is -1.08. The smallest absolute Gasteiger partial charge is 0.263 e. The van der Waals surface area contributed by atoms with Crippen LogP contribution in [-0.4, -0.2) is 12.0 Å². The van der Waals surface area contributed by atoms with Gasteiger partial charge in [0.15, 0.2) is 0 Å². The first-order valence-electron chi connectivity index (χ1n) is 6.06. The maximum atomic E-state index is 11.9. The minimum Gasteiger partial charge on any atom is -0.271 e. The minimum absolute atomic E-state index is 0.133. The molecular weight excluding hydrogens is 204 g/mol. The van der Waals surface area contributed by atoms with E-state index in [9.17, 15) is 4.79 Å². The van der Waals surface area contributed by atoms with E-state index in [-0.39, 0.29) is 12.0 Å². The number of amides is 1. The molecule has 0 aromatic rings. The molecule has 1 saturated carbocycles. The quantitative estimate of drug-likeness (QED) is 0.729. The van der Waals surface area contributed by atoms with Gasteiger partial charge in [-0.3, -0.25) is 9.63 Å². The van der Waals surface area contributed by atoms with E-state index in [0.29, 0.717) is 12.8 Å². The van der Waals surface area contributed by atoms with E-state index in [0.717, 1.165) is 25.7 Å². The number of carbonyl (C=O) groups is 1. The van der Waals surface area contributed by atoms with Crippen LogP contribution in [0.4, 0.5) is 0 Å². The molecule has 16 heavy (non-hydrogen) atoms. The number of nitrogens with zero attached hydrogens (tertiary/aromatic N) is 1. The molecule has 0 aromatic heterocycles. The summed E-state index contributed by atoms with van der Waals surface area (Å²) in [5.74, 6) is -0.299. The summed E-state index contributed by atoms with van der Waals surface area (Å²) in [5.41, 5.74) is 1.52. The Kier molecular flexibility index (Phi) is 4.75. The van der Waals surface area contributed by atoms with Gasteiger partial charge in [-0.05, 0) is 25.7 Å². The fourth-order valence-corrected chi connectivity index (χ4v) is 2.02. The highest BCUT2D eigenvalue weighted by atomic mass is 16.7. The predicted octanol–water partition coefficient (Wildman–Crippen LogP) is 2.31. The third-order valence-corrected chi connectivity index (χ3v) is 3.48. The van der Waals surface area contributed by atoms with Crippen LogP contribution in [0.5, 0.6) is 0 Å². The van der Waals surface area contributed by atoms with Crippen molar-refractivity contribution < 1.29 is 9.63 Å². The molecule has 1 rings (SSSR count). The van der Waals surface area contributed by atoms with Gasteiger partial charge in [0, 0.05) is 0 Å². The van der Waals surface area contributed by atoms with Crippen LogP contribution in [0.2, 0.25) is 0 Å². The molecule has 0 bridgehead atoms. The molecule has 0 spiro atoms. The molecule has 0 aliphatic heterocycles. The summed E-state index contributed by atoms with van der Waals surface area (Å²) >= 11 is 0. The van der Waals surface area contributed by atoms with Gasteiger partial charge in [0.1, 0.15) is 5.41 Å². The van der Waals surface area contributed by atoms with Crippen molar-refractivity contribution in [3.63, 3.8) is 0 Å². The van der Waals surface area contributed by atoms with Crippen molar-refractivity contribution in [3.8, 4) is 6.07 Å². The summed E-state index contributed by atoms with van der Waals surface area (Å²) in [5, 5.41) is 9.07. The Morgan fingerprint density at radius 3 is 2.44 bits per heavy atom. The van der Waals surface area contributed by atoms with Crippen molar-refractivity contribution in [1.82, 2.24) is 5.48 Å². The summed E-state index contributed by atoms with van der Waals surface area (Å²) in [6, 6.07) is 2.10. The fraction of sp³-hybridized carbons (Fsp3) is 0.833. The summed E-state index contributed by atoms with van der Waals surface area (Å²) in [6.07, 6.45) is 5.47. The lowest BCUT2D eigenvalue weighted by Gasteiger charge is -2.22. The Morgan fingerprint density at radius 2 is 2.00 bits per heavy atom. The second kappa shape index (κ2) is 5.86. The van der Waals surface area contributed by atoms with Crippen molar-refractivity contribution in [2.45, 2.75) is 58.5 Å². The number of rotatable bonds is 5. The first-order valence-corrected chi connectivity index (χ1v) is 6.06. The summed E-state index contributed by atoms with van der Waals surface area (Å²) in [6.45, 7) is 3.70. The van der Waals surface area contributed by atoms with Crippen molar-refractivity contribution in [3.05, 3.63) is 0 Å². The largest absolute Gasteiger partial charge is 0.271 e. The molecule has 0 unspecified atom stereocenters. The SMILES string of the molecule is CCC(C#N)(CC)C(=O)NOC1CCCC1. The maximum Gasteiger partial charge on any atom is 0.263 e. The third-order valence-electron chi connectivity index (χ3n) is 3.48. The average molecular weight is 224 g/mol. The van der Waals surface area contributed by atoms with Crippen molar-refractivity contribution >= 4 is 5.91 Å². The molecule has 0 saturated heterocycles. The van der Waals surface area contributed by atoms with Gasteiger partial charge < -0.3 is 0 Å². The van der Waals surface area contributed by atoms with Gasteiger partial charge in [-0.2, -0.15) is 5.26 Å². The molecule has 1 aliphatic carbocycles. The van der Waals surface area contributed by atoms with E-state index in [1.165, 1.54) is 0 Å². The second-order valence-corrected chi connectivity index (χ2v) is 4.36. The molecule has 90 valence electrons. The molecule has 4 nitrogen and oxygen atoms in total. The van der Waals surface area contributed by atoms with E-state index in [4.69, 9.17) is 10.1 Å². The number of hydroxylamine groups is 1. The van der Waals surface area contributed by atoms with Crippen LogP contribution in [0.25, 0.3) is 0 Å². The van der Waals surface area contributed by atoms with Crippen LogP contribution in [0.3, 0.4) is 0 Å². The fourth-order valence-electron chi connectivity index (χ4n) is 2.02. The monoisotopic (exact) mass is 224 g/mol. The second-order valence-electron chi connectivity index (χ2n) is 4.36. The normalized spacial score (nSPS) is 17.1. The number of hydrogen-bond donors (Lipinski definition) is 1. The lowest BCUT2D eigenvalue weighted by Crippen LogP contribution is -2.40. The summed E-state index contributed by atoms with van der Waals surface area (Å²) in [4.78, 5) is 17.2. The highest BCUT2D eigenvalue weighted by Crippen LogP contribution is 2.26. The predicted molar refractivity (Wildman–Crippen MR) is 60.1 cm³/mol. The van der Waals surface area contributed by atoms with Gasteiger partial charge in [0.05, 0.1) is 12.2 Å². The Morgan fingerprint density at radius 1 is 1.44 bits per heavy atom. The Labute approximate surface area is 96.9 Å². The lowest BCUT2D eigenvalue weighted by atomic mass is 9.83. The number of nitrogens with one attached hydrogen (secondary N) is 1. The number of nitriles is 1. The van der Waals surface area contributed by atoms with E-state index in [1.54, 1.807) is 0 Å². The molecule has 1 aliphatic rings. The zero-order valence-corrected chi connectivity index (χ0v) is 10.1. The molecule has 1 fully saturated rings. The third kappa shape index (κ3) is 2.73. The number of hydrogen-bond acceptors (Lipinski definition) is 3. The molecule has 1 amide bonds. The molecule has 1 N–H and O–H groups in total. The molecule has 0 atom stereocenters. The Bertz CT molecular complexity index is 273. The van der Waals surface area contributed by atoms with Gasteiger partial charge in [-0.1, -0.05) is 26.7 Å². The van der Waals surface area contributed by atoms with E-state index < -0.39 is 5.41 Å². The van der Waals surface area contributed by atoms with Gasteiger partial charge in [-0.25, -0.2) is 5.48 Å². The van der Waals surface area contributed by atoms with Crippen molar-refractivity contribution in [2.75, 3.05) is 0 Å². The van der Waals surface area contributed by atoms with Crippen LogP contribution in [0.1, 0.15) is 52.4 Å². The highest BCUT2D eigenvalue weighted by Gasteiger charge is 2.35. The van der Waals surface area contributed by atoms with Crippen LogP contribution in [0.15, 0.2) is 0 Å². The van der Waals surface area contributed by atoms with Gasteiger partial charge in [0.25, 0.3) is 5.91 Å². The van der Waals surface area contributed by atoms with Crippen LogP contribution >= 0.6 is 0 Å². The zero-order valence-electron chi connectivity index (χ0n) is 10.1. The van der Waals surface area contributed by atoms with E-state index in [1.807, 2.05) is 13.8 Å². The molecule has 4 heteroatoms. The van der Waals surface area contributed by atoms with Crippen LogP contribution in [-0.2, 0) is 9.63 Å². The summed E-state index contributed by atoms with van der Waals surface area (Å²) in [7, 11) is 0. The maximum absolute atomic E-state index is 11.9. The topological polar surface area (TPSA) is 62.1 Å². The molecule has 0 aromatic carbocycles. The van der Waals surface area contributed by atoms with Gasteiger partial charge >= 0.3 is 0 Å². The average Bonchev–Trinajstić information content (AvgIpc) is 2.82. The van der Waals surface area contributed by atoms with E-state index >= 15 is 0 Å². The lowest BCUT2D eigenvalue weighted by molar-refractivity contribution is -0.146. The minimum atomic E-state index is -0.932. The van der Waals surface area contributed by atoms with E-state index in [2.05, 4.69) is 11.5 Å².